The monoisotopic (exact) mass is 410 g/mol. The normalized spacial score (nSPS) is 11.6. The molecule has 0 saturated carbocycles. The lowest BCUT2D eigenvalue weighted by Crippen LogP contribution is -2.51. The van der Waals surface area contributed by atoms with E-state index in [1.807, 2.05) is 68.4 Å². The fourth-order valence-electron chi connectivity index (χ4n) is 3.34. The lowest BCUT2D eigenvalue weighted by molar-refractivity contribution is -0.142. The van der Waals surface area contributed by atoms with Gasteiger partial charge in [-0.05, 0) is 49.4 Å². The predicted molar refractivity (Wildman–Crippen MR) is 121 cm³/mol. The van der Waals surface area contributed by atoms with E-state index < -0.39 is 6.04 Å². The SMILES string of the molecule is CCCCNC(=O)C(CC)N(CCc1ccccc1)C(=O)COc1cccc(C)c1. The molecular weight excluding hydrogens is 376 g/mol. The van der Waals surface area contributed by atoms with Crippen molar-refractivity contribution in [2.75, 3.05) is 19.7 Å². The smallest absolute Gasteiger partial charge is 0.261 e. The number of benzene rings is 2. The fourth-order valence-corrected chi connectivity index (χ4v) is 3.34. The van der Waals surface area contributed by atoms with Gasteiger partial charge in [0.05, 0.1) is 0 Å². The second-order valence-corrected chi connectivity index (χ2v) is 7.50. The first-order chi connectivity index (χ1) is 14.5. The molecule has 0 saturated heterocycles. The summed E-state index contributed by atoms with van der Waals surface area (Å²) >= 11 is 0. The summed E-state index contributed by atoms with van der Waals surface area (Å²) in [6, 6.07) is 17.1. The van der Waals surface area contributed by atoms with Gasteiger partial charge in [0, 0.05) is 13.1 Å². The van der Waals surface area contributed by atoms with Crippen LogP contribution in [0.5, 0.6) is 5.75 Å². The van der Waals surface area contributed by atoms with Crippen LogP contribution >= 0.6 is 0 Å². The highest BCUT2D eigenvalue weighted by Crippen LogP contribution is 2.14. The summed E-state index contributed by atoms with van der Waals surface area (Å²) < 4.78 is 5.73. The van der Waals surface area contributed by atoms with E-state index in [-0.39, 0.29) is 18.4 Å². The van der Waals surface area contributed by atoms with Crippen LogP contribution in [0.1, 0.15) is 44.2 Å². The summed E-state index contributed by atoms with van der Waals surface area (Å²) in [5.74, 6) is 0.389. The van der Waals surface area contributed by atoms with Crippen molar-refractivity contribution in [3.05, 3.63) is 65.7 Å². The van der Waals surface area contributed by atoms with Crippen molar-refractivity contribution in [1.82, 2.24) is 10.2 Å². The molecule has 2 aromatic carbocycles. The van der Waals surface area contributed by atoms with Crippen LogP contribution in [0.4, 0.5) is 0 Å². The van der Waals surface area contributed by atoms with Gasteiger partial charge in [-0.1, -0.05) is 62.7 Å². The molecule has 0 aromatic heterocycles. The van der Waals surface area contributed by atoms with Crippen molar-refractivity contribution >= 4 is 11.8 Å². The van der Waals surface area contributed by atoms with Crippen LogP contribution < -0.4 is 10.1 Å². The molecule has 0 aliphatic carbocycles. The minimum atomic E-state index is -0.501. The van der Waals surface area contributed by atoms with Crippen LogP contribution in [-0.4, -0.2) is 42.5 Å². The van der Waals surface area contributed by atoms with Gasteiger partial charge in [0.25, 0.3) is 5.91 Å². The fraction of sp³-hybridized carbons (Fsp3) is 0.440. The molecule has 0 spiro atoms. The second kappa shape index (κ2) is 12.7. The average molecular weight is 411 g/mol. The maximum atomic E-state index is 13.1. The maximum absolute atomic E-state index is 13.1. The van der Waals surface area contributed by atoms with Gasteiger partial charge in [-0.25, -0.2) is 0 Å². The van der Waals surface area contributed by atoms with Crippen molar-refractivity contribution in [3.63, 3.8) is 0 Å². The number of hydrogen-bond donors (Lipinski definition) is 1. The van der Waals surface area contributed by atoms with Crippen LogP contribution in [0.3, 0.4) is 0 Å². The van der Waals surface area contributed by atoms with Crippen molar-refractivity contribution in [3.8, 4) is 5.75 Å². The van der Waals surface area contributed by atoms with E-state index in [2.05, 4.69) is 12.2 Å². The lowest BCUT2D eigenvalue weighted by Gasteiger charge is -2.30. The van der Waals surface area contributed by atoms with Gasteiger partial charge in [0.1, 0.15) is 11.8 Å². The van der Waals surface area contributed by atoms with Crippen molar-refractivity contribution < 1.29 is 14.3 Å². The number of hydrogen-bond acceptors (Lipinski definition) is 3. The minimum Gasteiger partial charge on any atom is -0.484 e. The van der Waals surface area contributed by atoms with Gasteiger partial charge in [-0.3, -0.25) is 9.59 Å². The Bertz CT molecular complexity index is 792. The number of ether oxygens (including phenoxy) is 1. The molecule has 0 aliphatic rings. The standard InChI is InChI=1S/C25H34N2O3/c1-4-6-16-26-25(29)23(5-2)27(17-15-21-12-8-7-9-13-21)24(28)19-30-22-14-10-11-20(3)18-22/h7-14,18,23H,4-6,15-17,19H2,1-3H3,(H,26,29). The molecule has 2 amide bonds. The number of aryl methyl sites for hydroxylation is 1. The quantitative estimate of drug-likeness (QED) is 0.535. The Morgan fingerprint density at radius 2 is 1.83 bits per heavy atom. The highest BCUT2D eigenvalue weighted by molar-refractivity contribution is 5.88. The number of unbranched alkanes of at least 4 members (excludes halogenated alkanes) is 1. The maximum Gasteiger partial charge on any atom is 0.261 e. The molecule has 1 N–H and O–H groups in total. The zero-order chi connectivity index (χ0) is 21.8. The molecule has 0 fully saturated rings. The van der Waals surface area contributed by atoms with Gasteiger partial charge in [-0.2, -0.15) is 0 Å². The Kier molecular flexibility index (Phi) is 9.92. The lowest BCUT2D eigenvalue weighted by atomic mass is 10.1. The molecule has 0 radical (unpaired) electrons. The highest BCUT2D eigenvalue weighted by Gasteiger charge is 2.28. The summed E-state index contributed by atoms with van der Waals surface area (Å²) in [6.07, 6.45) is 3.19. The van der Waals surface area contributed by atoms with E-state index >= 15 is 0 Å². The summed E-state index contributed by atoms with van der Waals surface area (Å²) in [5, 5.41) is 2.98. The zero-order valence-electron chi connectivity index (χ0n) is 18.4. The number of amides is 2. The van der Waals surface area contributed by atoms with Crippen LogP contribution in [-0.2, 0) is 16.0 Å². The molecule has 5 nitrogen and oxygen atoms in total. The number of nitrogens with zero attached hydrogens (tertiary/aromatic N) is 1. The Balaban J connectivity index is 2.09. The van der Waals surface area contributed by atoms with E-state index in [4.69, 9.17) is 4.74 Å². The minimum absolute atomic E-state index is 0.0863. The summed E-state index contributed by atoms with van der Waals surface area (Å²) in [6.45, 7) is 7.02. The Morgan fingerprint density at radius 3 is 2.50 bits per heavy atom. The first kappa shape index (κ1) is 23.5. The summed E-state index contributed by atoms with van der Waals surface area (Å²) in [5.41, 5.74) is 2.21. The van der Waals surface area contributed by atoms with Gasteiger partial charge >= 0.3 is 0 Å². The third-order valence-corrected chi connectivity index (χ3v) is 5.05. The molecule has 2 aromatic rings. The molecule has 0 bridgehead atoms. The van der Waals surface area contributed by atoms with Gasteiger partial charge in [0.15, 0.2) is 6.61 Å². The van der Waals surface area contributed by atoms with Crippen LogP contribution in [0.15, 0.2) is 54.6 Å². The summed E-state index contributed by atoms with van der Waals surface area (Å²) in [4.78, 5) is 27.5. The molecule has 5 heteroatoms. The number of rotatable bonds is 12. The Hall–Kier alpha value is -2.82. The van der Waals surface area contributed by atoms with Gasteiger partial charge in [0.2, 0.25) is 5.91 Å². The van der Waals surface area contributed by atoms with E-state index in [9.17, 15) is 9.59 Å². The third-order valence-electron chi connectivity index (χ3n) is 5.05. The molecule has 1 atom stereocenters. The molecule has 1 unspecified atom stereocenters. The highest BCUT2D eigenvalue weighted by atomic mass is 16.5. The van der Waals surface area contributed by atoms with E-state index in [1.54, 1.807) is 4.90 Å². The first-order valence-corrected chi connectivity index (χ1v) is 10.9. The van der Waals surface area contributed by atoms with Crippen molar-refractivity contribution in [2.24, 2.45) is 0 Å². The topological polar surface area (TPSA) is 58.6 Å². The third kappa shape index (κ3) is 7.54. The molecule has 162 valence electrons. The molecule has 0 aliphatic heterocycles. The number of carbonyl (C=O) groups excluding carboxylic acids is 2. The molecule has 30 heavy (non-hydrogen) atoms. The van der Waals surface area contributed by atoms with Crippen molar-refractivity contribution in [1.29, 1.82) is 0 Å². The number of nitrogens with one attached hydrogen (secondary N) is 1. The average Bonchev–Trinajstić information content (AvgIpc) is 2.75. The summed E-state index contributed by atoms with van der Waals surface area (Å²) in [7, 11) is 0. The van der Waals surface area contributed by atoms with Crippen LogP contribution in [0.25, 0.3) is 0 Å². The first-order valence-electron chi connectivity index (χ1n) is 10.9. The molecular formula is C25H34N2O3. The molecule has 0 heterocycles. The van der Waals surface area contributed by atoms with E-state index in [0.29, 0.717) is 31.7 Å². The van der Waals surface area contributed by atoms with Gasteiger partial charge < -0.3 is 15.0 Å². The van der Waals surface area contributed by atoms with Crippen molar-refractivity contribution in [2.45, 2.75) is 52.5 Å². The second-order valence-electron chi connectivity index (χ2n) is 7.50. The Morgan fingerprint density at radius 1 is 1.07 bits per heavy atom. The zero-order valence-corrected chi connectivity index (χ0v) is 18.4. The van der Waals surface area contributed by atoms with E-state index in [1.165, 1.54) is 0 Å². The van der Waals surface area contributed by atoms with E-state index in [0.717, 1.165) is 24.0 Å². The Labute approximate surface area is 180 Å². The van der Waals surface area contributed by atoms with Crippen LogP contribution in [0, 0.1) is 6.92 Å². The van der Waals surface area contributed by atoms with Crippen LogP contribution in [0.2, 0.25) is 0 Å². The largest absolute Gasteiger partial charge is 0.484 e. The van der Waals surface area contributed by atoms with Gasteiger partial charge in [-0.15, -0.1) is 0 Å². The molecule has 2 rings (SSSR count). The predicted octanol–water partition coefficient (Wildman–Crippen LogP) is 4.14. The number of carbonyl (C=O) groups is 2.